The molecule has 0 saturated carbocycles. The van der Waals surface area contributed by atoms with Crippen molar-refractivity contribution in [3.05, 3.63) is 29.6 Å². The van der Waals surface area contributed by atoms with Crippen LogP contribution in [0.5, 0.6) is 0 Å². The molecule has 0 aliphatic rings. The molecule has 0 bridgehead atoms. The minimum atomic E-state index is -1.53. The number of carboxylic acid groups (broad SMARTS) is 1. The van der Waals surface area contributed by atoms with Crippen LogP contribution in [0.2, 0.25) is 0 Å². The number of carboxylic acids is 1. The number of anilines is 1. The van der Waals surface area contributed by atoms with E-state index in [4.69, 9.17) is 5.11 Å². The van der Waals surface area contributed by atoms with Crippen molar-refractivity contribution in [3.8, 4) is 0 Å². The Morgan fingerprint density at radius 2 is 1.85 bits per heavy atom. The van der Waals surface area contributed by atoms with Gasteiger partial charge in [-0.05, 0) is 32.0 Å². The number of hydrogen-bond acceptors (Lipinski definition) is 3. The van der Waals surface area contributed by atoms with Crippen molar-refractivity contribution in [2.24, 2.45) is 0 Å². The quantitative estimate of drug-likeness (QED) is 0.777. The number of halogens is 1. The molecule has 0 aliphatic carbocycles. The van der Waals surface area contributed by atoms with Gasteiger partial charge in [0.25, 0.3) is 5.91 Å². The van der Waals surface area contributed by atoms with Crippen molar-refractivity contribution in [1.29, 1.82) is 0 Å². The van der Waals surface area contributed by atoms with Crippen LogP contribution in [0.25, 0.3) is 0 Å². The lowest BCUT2D eigenvalue weighted by atomic mass is 10.0. The van der Waals surface area contributed by atoms with Gasteiger partial charge in [0, 0.05) is 12.6 Å². The Hall–Kier alpha value is -2.44. The van der Waals surface area contributed by atoms with Crippen LogP contribution >= 0.6 is 0 Å². The molecule has 7 heteroatoms. The Morgan fingerprint density at radius 3 is 2.35 bits per heavy atom. The summed E-state index contributed by atoms with van der Waals surface area (Å²) in [7, 11) is 0. The first-order valence-electron chi connectivity index (χ1n) is 5.76. The van der Waals surface area contributed by atoms with Gasteiger partial charge in [-0.15, -0.1) is 0 Å². The van der Waals surface area contributed by atoms with Crippen LogP contribution in [0.1, 0.15) is 31.1 Å². The van der Waals surface area contributed by atoms with Crippen LogP contribution < -0.4 is 10.6 Å². The second-order valence-corrected chi connectivity index (χ2v) is 4.76. The van der Waals surface area contributed by atoms with Gasteiger partial charge in [0.1, 0.15) is 11.4 Å². The van der Waals surface area contributed by atoms with Crippen molar-refractivity contribution < 1.29 is 23.9 Å². The van der Waals surface area contributed by atoms with Crippen LogP contribution in [-0.4, -0.2) is 28.4 Å². The standard InChI is InChI=1S/C13H15FN2O4/c1-7(17)15-8-4-5-10(14)9(6-8)11(18)16-13(2,3)12(19)20/h4-6H,1-3H3,(H,15,17)(H,16,18)(H,19,20). The number of carbonyl (C=O) groups excluding carboxylic acids is 2. The zero-order valence-electron chi connectivity index (χ0n) is 11.3. The first-order valence-corrected chi connectivity index (χ1v) is 5.76. The smallest absolute Gasteiger partial charge is 0.328 e. The minimum Gasteiger partial charge on any atom is -0.480 e. The van der Waals surface area contributed by atoms with E-state index in [9.17, 15) is 18.8 Å². The Morgan fingerprint density at radius 1 is 1.25 bits per heavy atom. The molecule has 0 spiro atoms. The molecule has 0 fully saturated rings. The number of nitrogens with one attached hydrogen (secondary N) is 2. The van der Waals surface area contributed by atoms with Gasteiger partial charge < -0.3 is 15.7 Å². The third-order valence-corrected chi connectivity index (χ3v) is 2.49. The van der Waals surface area contributed by atoms with Gasteiger partial charge in [0.2, 0.25) is 5.91 Å². The molecule has 2 amide bonds. The summed E-state index contributed by atoms with van der Waals surface area (Å²) in [6, 6.07) is 3.47. The minimum absolute atomic E-state index is 0.247. The van der Waals surface area contributed by atoms with Crippen molar-refractivity contribution in [3.63, 3.8) is 0 Å². The average Bonchev–Trinajstić information content (AvgIpc) is 2.30. The molecule has 0 aromatic heterocycles. The molecule has 0 radical (unpaired) electrons. The van der Waals surface area contributed by atoms with E-state index in [0.29, 0.717) is 0 Å². The zero-order valence-corrected chi connectivity index (χ0v) is 11.3. The lowest BCUT2D eigenvalue weighted by Gasteiger charge is -2.21. The van der Waals surface area contributed by atoms with E-state index in [1.807, 2.05) is 0 Å². The van der Waals surface area contributed by atoms with Crippen LogP contribution in [0.3, 0.4) is 0 Å². The van der Waals surface area contributed by atoms with Gasteiger partial charge in [-0.2, -0.15) is 0 Å². The summed E-state index contributed by atoms with van der Waals surface area (Å²) in [5.41, 5.74) is -1.63. The molecule has 20 heavy (non-hydrogen) atoms. The monoisotopic (exact) mass is 282 g/mol. The van der Waals surface area contributed by atoms with Gasteiger partial charge in [0.15, 0.2) is 0 Å². The van der Waals surface area contributed by atoms with Gasteiger partial charge in [-0.25, -0.2) is 9.18 Å². The van der Waals surface area contributed by atoms with Crippen molar-refractivity contribution >= 4 is 23.5 Å². The summed E-state index contributed by atoms with van der Waals surface area (Å²) in [4.78, 5) is 33.7. The third-order valence-electron chi connectivity index (χ3n) is 2.49. The van der Waals surface area contributed by atoms with Crippen LogP contribution in [-0.2, 0) is 9.59 Å². The zero-order chi connectivity index (χ0) is 15.5. The van der Waals surface area contributed by atoms with Crippen LogP contribution in [0.15, 0.2) is 18.2 Å². The molecule has 0 heterocycles. The molecule has 3 N–H and O–H groups in total. The highest BCUT2D eigenvalue weighted by atomic mass is 19.1. The van der Waals surface area contributed by atoms with Crippen molar-refractivity contribution in [2.45, 2.75) is 26.3 Å². The lowest BCUT2D eigenvalue weighted by Crippen LogP contribution is -2.49. The maximum Gasteiger partial charge on any atom is 0.328 e. The molecule has 1 aromatic carbocycles. The fourth-order valence-corrected chi connectivity index (χ4v) is 1.38. The fraction of sp³-hybridized carbons (Fsp3) is 0.308. The van der Waals surface area contributed by atoms with E-state index in [2.05, 4.69) is 10.6 Å². The summed E-state index contributed by atoms with van der Waals surface area (Å²) in [5.74, 6) is -3.29. The average molecular weight is 282 g/mol. The van der Waals surface area contributed by atoms with E-state index in [0.717, 1.165) is 12.1 Å². The van der Waals surface area contributed by atoms with Gasteiger partial charge >= 0.3 is 5.97 Å². The third kappa shape index (κ3) is 3.78. The van der Waals surface area contributed by atoms with E-state index >= 15 is 0 Å². The first kappa shape index (κ1) is 15.6. The molecule has 0 aliphatic heterocycles. The van der Waals surface area contributed by atoms with Crippen LogP contribution in [0.4, 0.5) is 10.1 Å². The molecule has 0 saturated heterocycles. The maximum atomic E-state index is 13.6. The van der Waals surface area contributed by atoms with Crippen molar-refractivity contribution in [2.75, 3.05) is 5.32 Å². The predicted molar refractivity (Wildman–Crippen MR) is 69.9 cm³/mol. The normalized spacial score (nSPS) is 10.8. The number of hydrogen-bond donors (Lipinski definition) is 3. The van der Waals surface area contributed by atoms with Gasteiger partial charge in [-0.1, -0.05) is 0 Å². The largest absolute Gasteiger partial charge is 0.480 e. The fourth-order valence-electron chi connectivity index (χ4n) is 1.38. The summed E-state index contributed by atoms with van der Waals surface area (Å²) < 4.78 is 13.6. The Balaban J connectivity index is 3.03. The van der Waals surface area contributed by atoms with Gasteiger partial charge in [0.05, 0.1) is 5.56 Å². The van der Waals surface area contributed by atoms with Crippen molar-refractivity contribution in [1.82, 2.24) is 5.32 Å². The highest BCUT2D eigenvalue weighted by molar-refractivity contribution is 5.99. The Labute approximate surface area is 115 Å². The Kier molecular flexibility index (Phi) is 4.44. The molecule has 1 rings (SSSR count). The number of benzene rings is 1. The molecule has 0 unspecified atom stereocenters. The lowest BCUT2D eigenvalue weighted by molar-refractivity contribution is -0.143. The van der Waals surface area contributed by atoms with Gasteiger partial charge in [-0.3, -0.25) is 9.59 Å². The predicted octanol–water partition coefficient (Wildman–Crippen LogP) is 1.38. The SMILES string of the molecule is CC(=O)Nc1ccc(F)c(C(=O)NC(C)(C)C(=O)O)c1. The molecule has 0 atom stereocenters. The molecule has 1 aromatic rings. The first-order chi connectivity index (χ1) is 9.13. The number of amides is 2. The van der Waals surface area contributed by atoms with Crippen LogP contribution in [0, 0.1) is 5.82 Å². The summed E-state index contributed by atoms with van der Waals surface area (Å²) >= 11 is 0. The topological polar surface area (TPSA) is 95.5 Å². The van der Waals surface area contributed by atoms with E-state index in [-0.39, 0.29) is 17.2 Å². The molecule has 6 nitrogen and oxygen atoms in total. The highest BCUT2D eigenvalue weighted by Crippen LogP contribution is 2.16. The molecular weight excluding hydrogens is 267 g/mol. The number of rotatable bonds is 4. The maximum absolute atomic E-state index is 13.6. The molecular formula is C13H15FN2O4. The summed E-state index contributed by atoms with van der Waals surface area (Å²) in [6.07, 6.45) is 0. The van der Waals surface area contributed by atoms with E-state index in [1.54, 1.807) is 0 Å². The number of aliphatic carboxylic acids is 1. The Bertz CT molecular complexity index is 569. The second kappa shape index (κ2) is 5.68. The summed E-state index contributed by atoms with van der Waals surface area (Å²) in [6.45, 7) is 3.84. The molecule has 108 valence electrons. The van der Waals surface area contributed by atoms with E-state index in [1.165, 1.54) is 26.8 Å². The van der Waals surface area contributed by atoms with E-state index < -0.39 is 23.2 Å². The second-order valence-electron chi connectivity index (χ2n) is 4.76. The highest BCUT2D eigenvalue weighted by Gasteiger charge is 2.30. The summed E-state index contributed by atoms with van der Waals surface area (Å²) in [5, 5.41) is 13.5. The number of carbonyl (C=O) groups is 3.